The Kier molecular flexibility index (Phi) is 5.39. The maximum absolute atomic E-state index is 15.2. The van der Waals surface area contributed by atoms with Gasteiger partial charge in [0.2, 0.25) is 0 Å². The molecule has 6 nitrogen and oxygen atoms in total. The van der Waals surface area contributed by atoms with Crippen molar-refractivity contribution in [3.8, 4) is 5.75 Å². The number of carbonyl (C=O) groups excluding carboxylic acids is 1. The van der Waals surface area contributed by atoms with E-state index in [4.69, 9.17) is 9.47 Å². The summed E-state index contributed by atoms with van der Waals surface area (Å²) in [6.07, 6.45) is 2.93. The average molecular weight is 449 g/mol. The molecule has 1 unspecified atom stereocenters. The minimum atomic E-state index is -1.85. The number of nitrogens with zero attached hydrogens (tertiary/aromatic N) is 3. The highest BCUT2D eigenvalue weighted by molar-refractivity contribution is 5.67. The minimum Gasteiger partial charge on any atom is -0.476 e. The molecule has 4 rings (SSSR count). The topological polar surface area (TPSA) is 66.2 Å². The zero-order valence-corrected chi connectivity index (χ0v) is 17.2. The highest BCUT2D eigenvalue weighted by Crippen LogP contribution is 2.57. The van der Waals surface area contributed by atoms with Gasteiger partial charge in [-0.15, -0.1) is 0 Å². The first kappa shape index (κ1) is 21.8. The van der Waals surface area contributed by atoms with Crippen LogP contribution in [0.1, 0.15) is 30.9 Å². The van der Waals surface area contributed by atoms with Crippen molar-refractivity contribution in [1.82, 2.24) is 14.8 Å². The van der Waals surface area contributed by atoms with Crippen LogP contribution in [-0.2, 0) is 21.7 Å². The van der Waals surface area contributed by atoms with Crippen molar-refractivity contribution in [2.45, 2.75) is 44.4 Å². The summed E-state index contributed by atoms with van der Waals surface area (Å²) in [6.45, 7) is 2.58. The summed E-state index contributed by atoms with van der Waals surface area (Å²) < 4.78 is 70.3. The third kappa shape index (κ3) is 3.80. The van der Waals surface area contributed by atoms with E-state index in [1.165, 1.54) is 29.5 Å². The molecule has 1 aromatic heterocycles. The number of benzene rings is 2. The Labute approximate surface area is 180 Å². The normalized spacial score (nSPS) is 16.3. The van der Waals surface area contributed by atoms with Crippen LogP contribution in [0.15, 0.2) is 43.0 Å². The van der Waals surface area contributed by atoms with Gasteiger partial charge < -0.3 is 9.47 Å². The maximum atomic E-state index is 15.2. The molecule has 1 aliphatic carbocycles. The van der Waals surface area contributed by atoms with E-state index in [-0.39, 0.29) is 24.9 Å². The molecule has 2 aromatic carbocycles. The van der Waals surface area contributed by atoms with E-state index < -0.39 is 46.2 Å². The Morgan fingerprint density at radius 3 is 2.34 bits per heavy atom. The lowest BCUT2D eigenvalue weighted by molar-refractivity contribution is -0.180. The van der Waals surface area contributed by atoms with Crippen molar-refractivity contribution in [3.63, 3.8) is 0 Å². The van der Waals surface area contributed by atoms with Gasteiger partial charge in [-0.1, -0.05) is 12.1 Å². The summed E-state index contributed by atoms with van der Waals surface area (Å²) in [5.74, 6) is -5.95. The van der Waals surface area contributed by atoms with Gasteiger partial charge in [-0.05, 0) is 31.4 Å². The van der Waals surface area contributed by atoms with E-state index in [1.807, 2.05) is 0 Å². The first-order valence-corrected chi connectivity index (χ1v) is 9.78. The zero-order valence-electron chi connectivity index (χ0n) is 17.2. The molecule has 1 heterocycles. The van der Waals surface area contributed by atoms with Crippen molar-refractivity contribution in [2.24, 2.45) is 0 Å². The summed E-state index contributed by atoms with van der Waals surface area (Å²) in [6, 6.07) is 5.26. The van der Waals surface area contributed by atoms with Crippen LogP contribution in [0, 0.1) is 30.2 Å². The fourth-order valence-electron chi connectivity index (χ4n) is 3.91. The molecule has 0 saturated heterocycles. The predicted octanol–water partition coefficient (Wildman–Crippen LogP) is 4.21. The SMILES string of the molecule is CC(=O)OC(Cn1cncn1)(c1ccc(C)cc1F)C1(Oc2c(F)cc(F)cc2F)CC1. The summed E-state index contributed by atoms with van der Waals surface area (Å²) in [7, 11) is 0. The van der Waals surface area contributed by atoms with Crippen LogP contribution in [0.25, 0.3) is 0 Å². The smallest absolute Gasteiger partial charge is 0.303 e. The standard InChI is InChI=1S/C22H19F4N3O3/c1-13-3-4-16(17(24)7-13)22(31-14(2)30,10-29-12-27-11-28-29)21(5-6-21)32-20-18(25)8-15(23)9-19(20)26/h3-4,7-9,11-12H,5-6,10H2,1-2H3. The van der Waals surface area contributed by atoms with Gasteiger partial charge in [0.25, 0.3) is 0 Å². The molecule has 168 valence electrons. The lowest BCUT2D eigenvalue weighted by atomic mass is 9.84. The van der Waals surface area contributed by atoms with Crippen LogP contribution in [0.4, 0.5) is 17.6 Å². The van der Waals surface area contributed by atoms with Crippen molar-refractivity contribution in [2.75, 3.05) is 0 Å². The first-order chi connectivity index (χ1) is 15.2. The fraction of sp³-hybridized carbons (Fsp3) is 0.318. The van der Waals surface area contributed by atoms with Crippen molar-refractivity contribution in [1.29, 1.82) is 0 Å². The van der Waals surface area contributed by atoms with Crippen LogP contribution in [0.3, 0.4) is 0 Å². The quantitative estimate of drug-likeness (QED) is 0.399. The monoisotopic (exact) mass is 449 g/mol. The molecule has 0 bridgehead atoms. The van der Waals surface area contributed by atoms with E-state index in [0.29, 0.717) is 17.7 Å². The summed E-state index contributed by atoms with van der Waals surface area (Å²) >= 11 is 0. The lowest BCUT2D eigenvalue weighted by Crippen LogP contribution is -2.52. The van der Waals surface area contributed by atoms with Crippen LogP contribution in [-0.4, -0.2) is 26.3 Å². The van der Waals surface area contributed by atoms with Gasteiger partial charge in [0, 0.05) is 24.6 Å². The van der Waals surface area contributed by atoms with E-state index in [1.54, 1.807) is 13.0 Å². The molecular formula is C22H19F4N3O3. The second kappa shape index (κ2) is 7.92. The first-order valence-electron chi connectivity index (χ1n) is 9.78. The van der Waals surface area contributed by atoms with E-state index in [2.05, 4.69) is 10.1 Å². The molecule has 10 heteroatoms. The fourth-order valence-corrected chi connectivity index (χ4v) is 3.91. The summed E-state index contributed by atoms with van der Waals surface area (Å²) in [5, 5.41) is 4.01. The molecule has 1 aliphatic rings. The Morgan fingerprint density at radius 2 is 1.81 bits per heavy atom. The number of hydrogen-bond donors (Lipinski definition) is 0. The van der Waals surface area contributed by atoms with Crippen molar-refractivity contribution < 1.29 is 31.8 Å². The molecule has 0 N–H and O–H groups in total. The maximum Gasteiger partial charge on any atom is 0.303 e. The molecule has 3 aromatic rings. The Morgan fingerprint density at radius 1 is 1.12 bits per heavy atom. The summed E-state index contributed by atoms with van der Waals surface area (Å²) in [4.78, 5) is 16.1. The molecule has 1 saturated carbocycles. The van der Waals surface area contributed by atoms with E-state index >= 15 is 4.39 Å². The molecule has 0 aliphatic heterocycles. The Bertz CT molecular complexity index is 1140. The van der Waals surface area contributed by atoms with Gasteiger partial charge in [-0.2, -0.15) is 5.10 Å². The molecule has 0 spiro atoms. The van der Waals surface area contributed by atoms with Gasteiger partial charge in [0.05, 0.1) is 6.54 Å². The molecule has 0 radical (unpaired) electrons. The third-order valence-corrected chi connectivity index (χ3v) is 5.43. The second-order valence-corrected chi connectivity index (χ2v) is 7.79. The molecular weight excluding hydrogens is 430 g/mol. The number of aryl methyl sites for hydroxylation is 1. The highest BCUT2D eigenvalue weighted by Gasteiger charge is 2.67. The van der Waals surface area contributed by atoms with Crippen LogP contribution in [0.2, 0.25) is 0 Å². The number of halogens is 4. The highest BCUT2D eigenvalue weighted by atomic mass is 19.1. The number of rotatable bonds is 7. The number of aromatic nitrogens is 3. The van der Waals surface area contributed by atoms with Gasteiger partial charge in [-0.25, -0.2) is 27.2 Å². The van der Waals surface area contributed by atoms with Gasteiger partial charge >= 0.3 is 5.97 Å². The average Bonchev–Trinajstić information content (AvgIpc) is 3.31. The van der Waals surface area contributed by atoms with Crippen LogP contribution < -0.4 is 4.74 Å². The van der Waals surface area contributed by atoms with Gasteiger partial charge in [0.15, 0.2) is 28.6 Å². The second-order valence-electron chi connectivity index (χ2n) is 7.79. The van der Waals surface area contributed by atoms with Gasteiger partial charge in [0.1, 0.15) is 24.3 Å². The zero-order chi connectivity index (χ0) is 23.1. The Hall–Kier alpha value is -3.43. The van der Waals surface area contributed by atoms with Crippen molar-refractivity contribution in [3.05, 3.63) is 77.4 Å². The molecule has 32 heavy (non-hydrogen) atoms. The number of ether oxygens (including phenoxy) is 2. The molecule has 1 atom stereocenters. The van der Waals surface area contributed by atoms with E-state index in [0.717, 1.165) is 6.92 Å². The number of esters is 1. The third-order valence-electron chi connectivity index (χ3n) is 5.43. The summed E-state index contributed by atoms with van der Waals surface area (Å²) in [5.41, 5.74) is -2.82. The van der Waals surface area contributed by atoms with Gasteiger partial charge in [-0.3, -0.25) is 4.79 Å². The Balaban J connectivity index is 1.91. The minimum absolute atomic E-state index is 0.0470. The molecule has 0 amide bonds. The molecule has 1 fully saturated rings. The van der Waals surface area contributed by atoms with Crippen LogP contribution in [0.5, 0.6) is 5.75 Å². The van der Waals surface area contributed by atoms with Crippen LogP contribution >= 0.6 is 0 Å². The van der Waals surface area contributed by atoms with Crippen molar-refractivity contribution >= 4 is 5.97 Å². The number of hydrogen-bond acceptors (Lipinski definition) is 5. The number of carbonyl (C=O) groups is 1. The lowest BCUT2D eigenvalue weighted by Gasteiger charge is -2.40. The largest absolute Gasteiger partial charge is 0.476 e. The predicted molar refractivity (Wildman–Crippen MR) is 104 cm³/mol. The van der Waals surface area contributed by atoms with E-state index in [9.17, 15) is 18.0 Å².